The summed E-state index contributed by atoms with van der Waals surface area (Å²) in [5.74, 6) is -1.08. The highest BCUT2D eigenvalue weighted by Crippen LogP contribution is 2.31. The van der Waals surface area contributed by atoms with Crippen molar-refractivity contribution in [2.45, 2.75) is 50.6 Å². The third-order valence-corrected chi connectivity index (χ3v) is 7.83. The summed E-state index contributed by atoms with van der Waals surface area (Å²) in [5.41, 5.74) is 2.05. The third kappa shape index (κ3) is 5.91. The van der Waals surface area contributed by atoms with Crippen molar-refractivity contribution in [2.24, 2.45) is 0 Å². The van der Waals surface area contributed by atoms with Gasteiger partial charge in [-0.15, -0.1) is 0 Å². The number of nitrogens with one attached hydrogen (secondary N) is 1. The molecule has 1 unspecified atom stereocenters. The number of hydrogen-bond donors (Lipinski definition) is 1. The third-order valence-electron chi connectivity index (χ3n) is 5.80. The molecule has 2 aromatic carbocycles. The molecular weight excluding hydrogens is 444 g/mol. The molecule has 0 aliphatic carbocycles. The molecule has 0 saturated carbocycles. The van der Waals surface area contributed by atoms with Gasteiger partial charge in [0.15, 0.2) is 6.61 Å². The Labute approximate surface area is 194 Å². The predicted octanol–water partition coefficient (Wildman–Crippen LogP) is 3.04. The van der Waals surface area contributed by atoms with Crippen molar-refractivity contribution in [3.05, 3.63) is 59.2 Å². The quantitative estimate of drug-likeness (QED) is 0.590. The fourth-order valence-corrected chi connectivity index (χ4v) is 5.71. The van der Waals surface area contributed by atoms with Gasteiger partial charge in [-0.2, -0.15) is 4.31 Å². The number of methoxy groups -OCH3 is 1. The second kappa shape index (κ2) is 10.8. The maximum absolute atomic E-state index is 13.3. The molecule has 9 heteroatoms. The van der Waals surface area contributed by atoms with E-state index in [0.717, 1.165) is 30.4 Å². The molecule has 1 N–H and O–H groups in total. The van der Waals surface area contributed by atoms with Crippen LogP contribution < -0.4 is 10.1 Å². The number of hydrogen-bond acceptors (Lipinski definition) is 6. The Bertz CT molecular complexity index is 1120. The number of esters is 1. The summed E-state index contributed by atoms with van der Waals surface area (Å²) in [6, 6.07) is 11.6. The lowest BCUT2D eigenvalue weighted by Gasteiger charge is -2.32. The molecule has 1 atom stereocenters. The molecule has 1 fully saturated rings. The number of piperidine rings is 1. The largest absolute Gasteiger partial charge is 0.495 e. The first-order valence-corrected chi connectivity index (χ1v) is 12.4. The molecule has 3 rings (SSSR count). The second-order valence-electron chi connectivity index (χ2n) is 8.11. The molecule has 2 aromatic rings. The monoisotopic (exact) mass is 474 g/mol. The standard InChI is InChI=1S/C24H30N2O6S/c1-17-8-4-5-10-20(17)15-25-23(27)16-32-24(28)19-11-12-21(31-3)22(14-19)33(29,30)26-13-7-6-9-18(26)2/h4-5,8,10-12,14,18H,6-7,9,13,15-16H2,1-3H3,(H,25,27). The van der Waals surface area contributed by atoms with Crippen LogP contribution in [0.1, 0.15) is 47.7 Å². The molecule has 1 saturated heterocycles. The average Bonchev–Trinajstić information content (AvgIpc) is 2.81. The van der Waals surface area contributed by atoms with E-state index in [1.54, 1.807) is 0 Å². The minimum Gasteiger partial charge on any atom is -0.495 e. The molecule has 1 aliphatic heterocycles. The van der Waals surface area contributed by atoms with Crippen LogP contribution in [0.4, 0.5) is 0 Å². The summed E-state index contributed by atoms with van der Waals surface area (Å²) >= 11 is 0. The Morgan fingerprint density at radius 3 is 2.61 bits per heavy atom. The van der Waals surface area contributed by atoms with Crippen LogP contribution in [0.25, 0.3) is 0 Å². The van der Waals surface area contributed by atoms with E-state index in [1.165, 1.54) is 29.6 Å². The topological polar surface area (TPSA) is 102 Å². The van der Waals surface area contributed by atoms with Gasteiger partial charge < -0.3 is 14.8 Å². The number of sulfonamides is 1. The van der Waals surface area contributed by atoms with Crippen molar-refractivity contribution in [1.29, 1.82) is 0 Å². The van der Waals surface area contributed by atoms with Gasteiger partial charge in [-0.05, 0) is 56.0 Å². The fraction of sp³-hybridized carbons (Fsp3) is 0.417. The molecule has 0 aromatic heterocycles. The zero-order valence-electron chi connectivity index (χ0n) is 19.2. The lowest BCUT2D eigenvalue weighted by Crippen LogP contribution is -2.42. The lowest BCUT2D eigenvalue weighted by atomic mass is 10.1. The zero-order chi connectivity index (χ0) is 24.0. The van der Waals surface area contributed by atoms with Gasteiger partial charge in [-0.3, -0.25) is 4.79 Å². The normalized spacial score (nSPS) is 16.8. The van der Waals surface area contributed by atoms with Crippen LogP contribution in [0.5, 0.6) is 5.75 Å². The zero-order valence-corrected chi connectivity index (χ0v) is 20.0. The molecule has 178 valence electrons. The molecule has 0 spiro atoms. The average molecular weight is 475 g/mol. The Hall–Kier alpha value is -2.91. The molecule has 33 heavy (non-hydrogen) atoms. The number of nitrogens with zero attached hydrogens (tertiary/aromatic N) is 1. The summed E-state index contributed by atoms with van der Waals surface area (Å²) in [6.07, 6.45) is 2.54. The number of amides is 1. The maximum Gasteiger partial charge on any atom is 0.338 e. The van der Waals surface area contributed by atoms with Gasteiger partial charge in [-0.25, -0.2) is 13.2 Å². The molecule has 1 amide bonds. The minimum atomic E-state index is -3.86. The van der Waals surface area contributed by atoms with Gasteiger partial charge in [0, 0.05) is 19.1 Å². The van der Waals surface area contributed by atoms with E-state index in [0.29, 0.717) is 13.1 Å². The van der Waals surface area contributed by atoms with Crippen molar-refractivity contribution in [3.8, 4) is 5.75 Å². The van der Waals surface area contributed by atoms with Crippen molar-refractivity contribution in [1.82, 2.24) is 9.62 Å². The summed E-state index contributed by atoms with van der Waals surface area (Å²) < 4.78 is 38.4. The molecule has 1 heterocycles. The smallest absolute Gasteiger partial charge is 0.338 e. The Morgan fingerprint density at radius 2 is 1.91 bits per heavy atom. The van der Waals surface area contributed by atoms with Crippen molar-refractivity contribution in [2.75, 3.05) is 20.3 Å². The Morgan fingerprint density at radius 1 is 1.15 bits per heavy atom. The van der Waals surface area contributed by atoms with Crippen LogP contribution >= 0.6 is 0 Å². The number of aryl methyl sites for hydroxylation is 1. The van der Waals surface area contributed by atoms with Gasteiger partial charge in [0.25, 0.3) is 5.91 Å². The van der Waals surface area contributed by atoms with E-state index < -0.39 is 28.5 Å². The second-order valence-corrected chi connectivity index (χ2v) is 9.96. The summed E-state index contributed by atoms with van der Waals surface area (Å²) in [7, 11) is -2.48. The van der Waals surface area contributed by atoms with E-state index in [-0.39, 0.29) is 22.3 Å². The minimum absolute atomic E-state index is 0.0331. The molecule has 1 aliphatic rings. The summed E-state index contributed by atoms with van der Waals surface area (Å²) in [5, 5.41) is 2.71. The first-order chi connectivity index (χ1) is 15.7. The number of ether oxygens (including phenoxy) is 2. The number of rotatable bonds is 8. The van der Waals surface area contributed by atoms with E-state index in [4.69, 9.17) is 9.47 Å². The van der Waals surface area contributed by atoms with Gasteiger partial charge in [0.05, 0.1) is 12.7 Å². The molecular formula is C24H30N2O6S. The van der Waals surface area contributed by atoms with Gasteiger partial charge in [0.2, 0.25) is 10.0 Å². The van der Waals surface area contributed by atoms with Gasteiger partial charge >= 0.3 is 5.97 Å². The highest BCUT2D eigenvalue weighted by Gasteiger charge is 2.33. The Balaban J connectivity index is 1.68. The van der Waals surface area contributed by atoms with Crippen LogP contribution in [-0.4, -0.2) is 50.9 Å². The predicted molar refractivity (Wildman–Crippen MR) is 124 cm³/mol. The van der Waals surface area contributed by atoms with E-state index in [1.807, 2.05) is 38.1 Å². The molecule has 0 radical (unpaired) electrons. The summed E-state index contributed by atoms with van der Waals surface area (Å²) in [6.45, 7) is 4.09. The Kier molecular flexibility index (Phi) is 8.10. The van der Waals surface area contributed by atoms with E-state index in [2.05, 4.69) is 5.32 Å². The maximum atomic E-state index is 13.3. The van der Waals surface area contributed by atoms with Crippen LogP contribution in [-0.2, 0) is 26.1 Å². The molecule has 0 bridgehead atoms. The highest BCUT2D eigenvalue weighted by molar-refractivity contribution is 7.89. The fourth-order valence-electron chi connectivity index (χ4n) is 3.83. The lowest BCUT2D eigenvalue weighted by molar-refractivity contribution is -0.124. The first-order valence-electron chi connectivity index (χ1n) is 10.9. The van der Waals surface area contributed by atoms with Gasteiger partial charge in [-0.1, -0.05) is 30.7 Å². The van der Waals surface area contributed by atoms with Gasteiger partial charge in [0.1, 0.15) is 10.6 Å². The number of carbonyl (C=O) groups is 2. The summed E-state index contributed by atoms with van der Waals surface area (Å²) in [4.78, 5) is 24.6. The van der Waals surface area contributed by atoms with E-state index >= 15 is 0 Å². The first kappa shape index (κ1) is 24.7. The van der Waals surface area contributed by atoms with Crippen molar-refractivity contribution in [3.63, 3.8) is 0 Å². The van der Waals surface area contributed by atoms with Crippen LogP contribution in [0.2, 0.25) is 0 Å². The van der Waals surface area contributed by atoms with Crippen LogP contribution in [0.15, 0.2) is 47.4 Å². The number of carbonyl (C=O) groups excluding carboxylic acids is 2. The SMILES string of the molecule is COc1ccc(C(=O)OCC(=O)NCc2ccccc2C)cc1S(=O)(=O)N1CCCCC1C. The van der Waals surface area contributed by atoms with E-state index in [9.17, 15) is 18.0 Å². The molecule has 8 nitrogen and oxygen atoms in total. The van der Waals surface area contributed by atoms with Crippen molar-refractivity contribution >= 4 is 21.9 Å². The van der Waals surface area contributed by atoms with Crippen LogP contribution in [0, 0.1) is 6.92 Å². The number of benzene rings is 2. The highest BCUT2D eigenvalue weighted by atomic mass is 32.2. The van der Waals surface area contributed by atoms with Crippen LogP contribution in [0.3, 0.4) is 0 Å². The van der Waals surface area contributed by atoms with Crippen molar-refractivity contribution < 1.29 is 27.5 Å².